The number of thioether (sulfide) groups is 1. The first-order valence-electron chi connectivity index (χ1n) is 9.80. The van der Waals surface area contributed by atoms with Crippen LogP contribution in [-0.2, 0) is 11.8 Å². The molecule has 0 atom stereocenters. The molecule has 1 saturated heterocycles. The number of hydrogen-bond acceptors (Lipinski definition) is 9. The van der Waals surface area contributed by atoms with Crippen molar-refractivity contribution in [2.75, 3.05) is 36.8 Å². The molecule has 3 aromatic heterocycles. The van der Waals surface area contributed by atoms with Gasteiger partial charge in [-0.2, -0.15) is 5.26 Å². The molecule has 3 aromatic rings. The lowest BCUT2D eigenvalue weighted by atomic mass is 10.2. The van der Waals surface area contributed by atoms with Crippen molar-refractivity contribution < 1.29 is 9.21 Å². The fourth-order valence-corrected chi connectivity index (χ4v) is 5.51. The number of piperazine rings is 1. The van der Waals surface area contributed by atoms with Crippen molar-refractivity contribution in [3.05, 3.63) is 32.4 Å². The quantitative estimate of drug-likeness (QED) is 0.433. The van der Waals surface area contributed by atoms with Crippen molar-refractivity contribution in [1.29, 1.82) is 5.26 Å². The van der Waals surface area contributed by atoms with E-state index in [4.69, 9.17) is 4.42 Å². The number of aromatic nitrogens is 3. The van der Waals surface area contributed by atoms with Crippen LogP contribution < -0.4 is 10.5 Å². The molecule has 0 saturated carbocycles. The van der Waals surface area contributed by atoms with E-state index in [9.17, 15) is 14.9 Å². The molecule has 1 fully saturated rings. The highest BCUT2D eigenvalue weighted by Gasteiger charge is 2.26. The van der Waals surface area contributed by atoms with Gasteiger partial charge in [0, 0.05) is 45.0 Å². The minimum atomic E-state index is -0.0777. The highest BCUT2D eigenvalue weighted by Crippen LogP contribution is 2.28. The molecule has 1 aliphatic rings. The van der Waals surface area contributed by atoms with Crippen molar-refractivity contribution in [2.45, 2.75) is 25.9 Å². The average Bonchev–Trinajstić information content (AvgIpc) is 3.28. The second kappa shape index (κ2) is 8.36. The summed E-state index contributed by atoms with van der Waals surface area (Å²) in [5.41, 5.74) is 1.17. The number of carbonyl (C=O) groups is 1. The van der Waals surface area contributed by atoms with Crippen molar-refractivity contribution >= 4 is 45.1 Å². The van der Waals surface area contributed by atoms with Gasteiger partial charge in [-0.05, 0) is 19.4 Å². The number of nitrogens with zero attached hydrogens (tertiary/aromatic N) is 6. The number of thiophene rings is 1. The molecule has 4 rings (SSSR count). The number of fused-ring (bicyclic) bond motifs is 1. The number of nitriles is 1. The van der Waals surface area contributed by atoms with E-state index >= 15 is 0 Å². The number of anilines is 1. The Morgan fingerprint density at radius 3 is 2.61 bits per heavy atom. The Morgan fingerprint density at radius 1 is 1.23 bits per heavy atom. The van der Waals surface area contributed by atoms with Crippen LogP contribution in [0.15, 0.2) is 14.4 Å². The van der Waals surface area contributed by atoms with E-state index in [2.05, 4.69) is 9.97 Å². The zero-order valence-electron chi connectivity index (χ0n) is 17.8. The summed E-state index contributed by atoms with van der Waals surface area (Å²) in [6, 6.07) is 2.05. The van der Waals surface area contributed by atoms with Crippen LogP contribution in [0.3, 0.4) is 0 Å². The summed E-state index contributed by atoms with van der Waals surface area (Å²) in [4.78, 5) is 39.7. The third-order valence-corrected chi connectivity index (χ3v) is 7.55. The second-order valence-corrected chi connectivity index (χ2v) is 9.52. The summed E-state index contributed by atoms with van der Waals surface area (Å²) in [6.07, 6.45) is 0. The van der Waals surface area contributed by atoms with Crippen LogP contribution >= 0.6 is 23.1 Å². The van der Waals surface area contributed by atoms with Gasteiger partial charge in [0.15, 0.2) is 11.0 Å². The Morgan fingerprint density at radius 2 is 1.94 bits per heavy atom. The van der Waals surface area contributed by atoms with Crippen LogP contribution in [0.25, 0.3) is 10.2 Å². The van der Waals surface area contributed by atoms with Gasteiger partial charge < -0.3 is 14.2 Å². The molecule has 11 heteroatoms. The first-order chi connectivity index (χ1) is 14.8. The predicted octanol–water partition coefficient (Wildman–Crippen LogP) is 2.22. The lowest BCUT2D eigenvalue weighted by Gasteiger charge is -2.34. The van der Waals surface area contributed by atoms with E-state index in [1.807, 2.05) is 24.8 Å². The van der Waals surface area contributed by atoms with Crippen molar-refractivity contribution in [3.63, 3.8) is 0 Å². The Bertz CT molecular complexity index is 1260. The van der Waals surface area contributed by atoms with Crippen LogP contribution in [0.2, 0.25) is 0 Å². The molecule has 0 bridgehead atoms. The second-order valence-electron chi connectivity index (χ2n) is 7.38. The first-order valence-corrected chi connectivity index (χ1v) is 11.6. The topological polar surface area (TPSA) is 108 Å². The molecule has 1 amide bonds. The van der Waals surface area contributed by atoms with Crippen molar-refractivity contribution in [2.24, 2.45) is 7.05 Å². The minimum Gasteiger partial charge on any atom is -0.424 e. The number of rotatable bonds is 4. The molecule has 4 heterocycles. The van der Waals surface area contributed by atoms with Crippen LogP contribution in [0.1, 0.15) is 22.0 Å². The summed E-state index contributed by atoms with van der Waals surface area (Å²) < 4.78 is 7.08. The molecule has 0 aromatic carbocycles. The fraction of sp³-hybridized carbons (Fsp3) is 0.450. The Hall–Kier alpha value is -2.84. The van der Waals surface area contributed by atoms with Gasteiger partial charge >= 0.3 is 0 Å². The van der Waals surface area contributed by atoms with Crippen molar-refractivity contribution in [3.8, 4) is 6.07 Å². The molecule has 1 aliphatic heterocycles. The van der Waals surface area contributed by atoms with E-state index in [0.717, 1.165) is 15.3 Å². The van der Waals surface area contributed by atoms with Gasteiger partial charge in [-0.3, -0.25) is 14.2 Å². The van der Waals surface area contributed by atoms with Gasteiger partial charge in [0.1, 0.15) is 10.9 Å². The maximum atomic E-state index is 12.7. The minimum absolute atomic E-state index is 0.00760. The third kappa shape index (κ3) is 3.93. The van der Waals surface area contributed by atoms with Gasteiger partial charge in [0.05, 0.1) is 11.1 Å². The van der Waals surface area contributed by atoms with Gasteiger partial charge in [0.2, 0.25) is 17.5 Å². The van der Waals surface area contributed by atoms with Gasteiger partial charge in [0.25, 0.3) is 5.56 Å². The average molecular weight is 459 g/mol. The fourth-order valence-electron chi connectivity index (χ4n) is 3.57. The molecule has 0 radical (unpaired) electrons. The standard InChI is InChI=1S/C20H22N6O3S2/c1-11-12(2)31-17-16(11)18(28)24(4)20(23-17)30-10-15(27)25-5-7-26(8-6-25)19-14(9-21)22-13(3)29-19/h5-8,10H2,1-4H3. The highest BCUT2D eigenvalue weighted by atomic mass is 32.2. The molecule has 0 N–H and O–H groups in total. The maximum Gasteiger partial charge on any atom is 0.262 e. The normalized spacial score (nSPS) is 14.3. The van der Waals surface area contributed by atoms with Gasteiger partial charge in [-0.1, -0.05) is 11.8 Å². The number of hydrogen-bond donors (Lipinski definition) is 0. The first kappa shape index (κ1) is 21.4. The Labute approximate surface area is 187 Å². The number of carbonyl (C=O) groups excluding carboxylic acids is 1. The third-order valence-electron chi connectivity index (χ3n) is 5.44. The zero-order chi connectivity index (χ0) is 22.3. The smallest absolute Gasteiger partial charge is 0.262 e. The highest BCUT2D eigenvalue weighted by molar-refractivity contribution is 7.99. The van der Waals surface area contributed by atoms with Crippen molar-refractivity contribution in [1.82, 2.24) is 19.4 Å². The monoisotopic (exact) mass is 458 g/mol. The molecule has 0 spiro atoms. The SMILES string of the molecule is Cc1nc(C#N)c(N2CCN(C(=O)CSc3nc4sc(C)c(C)c4c(=O)n3C)CC2)o1. The van der Waals surface area contributed by atoms with Crippen LogP contribution in [0.5, 0.6) is 0 Å². The lowest BCUT2D eigenvalue weighted by molar-refractivity contribution is -0.128. The molecular formula is C20H22N6O3S2. The lowest BCUT2D eigenvalue weighted by Crippen LogP contribution is -2.49. The summed E-state index contributed by atoms with van der Waals surface area (Å²) in [5.74, 6) is 1.12. The van der Waals surface area contributed by atoms with E-state index in [1.54, 1.807) is 18.9 Å². The number of amides is 1. The van der Waals surface area contributed by atoms with E-state index in [-0.39, 0.29) is 22.9 Å². The predicted molar refractivity (Wildman–Crippen MR) is 120 cm³/mol. The number of oxazole rings is 1. The Kier molecular flexibility index (Phi) is 5.77. The van der Waals surface area contributed by atoms with Gasteiger partial charge in [-0.25, -0.2) is 9.97 Å². The molecule has 0 aliphatic carbocycles. The molecule has 0 unspecified atom stereocenters. The van der Waals surface area contributed by atoms with Crippen LogP contribution in [-0.4, -0.2) is 57.3 Å². The number of aryl methyl sites for hydroxylation is 3. The van der Waals surface area contributed by atoms with Gasteiger partial charge in [-0.15, -0.1) is 11.3 Å². The summed E-state index contributed by atoms with van der Waals surface area (Å²) in [5, 5.41) is 10.4. The van der Waals surface area contributed by atoms with Crippen LogP contribution in [0.4, 0.5) is 5.88 Å². The largest absolute Gasteiger partial charge is 0.424 e. The molecule has 9 nitrogen and oxygen atoms in total. The molecular weight excluding hydrogens is 436 g/mol. The van der Waals surface area contributed by atoms with E-state index in [0.29, 0.717) is 48.5 Å². The summed E-state index contributed by atoms with van der Waals surface area (Å²) >= 11 is 2.79. The summed E-state index contributed by atoms with van der Waals surface area (Å²) in [7, 11) is 1.69. The van der Waals surface area contributed by atoms with E-state index in [1.165, 1.54) is 27.7 Å². The van der Waals surface area contributed by atoms with E-state index < -0.39 is 0 Å². The Balaban J connectivity index is 1.41. The molecule has 162 valence electrons. The summed E-state index contributed by atoms with van der Waals surface area (Å²) in [6.45, 7) is 7.81. The maximum absolute atomic E-state index is 12.7. The zero-order valence-corrected chi connectivity index (χ0v) is 19.4. The van der Waals surface area contributed by atoms with Crippen LogP contribution in [0, 0.1) is 32.1 Å². The molecule has 31 heavy (non-hydrogen) atoms.